The lowest BCUT2D eigenvalue weighted by atomic mass is 9.92. The molecule has 7 nitrogen and oxygen atoms in total. The highest BCUT2D eigenvalue weighted by Gasteiger charge is 2.20. The van der Waals surface area contributed by atoms with Crippen molar-refractivity contribution in [1.29, 1.82) is 0 Å². The number of carbonyl (C=O) groups is 1. The largest absolute Gasteiger partial charge is 0.481 e. The van der Waals surface area contributed by atoms with Crippen LogP contribution in [-0.2, 0) is 11.2 Å². The van der Waals surface area contributed by atoms with Gasteiger partial charge in [0, 0.05) is 24.6 Å². The lowest BCUT2D eigenvalue weighted by molar-refractivity contribution is -0.137. The molecule has 3 rings (SSSR count). The smallest absolute Gasteiger partial charge is 0.316 e. The van der Waals surface area contributed by atoms with Crippen molar-refractivity contribution in [2.45, 2.75) is 63.7 Å². The predicted octanol–water partition coefficient (Wildman–Crippen LogP) is 4.45. The van der Waals surface area contributed by atoms with Crippen molar-refractivity contribution in [3.05, 3.63) is 41.9 Å². The average molecular weight is 413 g/mol. The average Bonchev–Trinajstić information content (AvgIpc) is 3.58. The summed E-state index contributed by atoms with van der Waals surface area (Å²) in [6.07, 6.45) is 12.2. The fourth-order valence-electron chi connectivity index (χ4n) is 3.58. The van der Waals surface area contributed by atoms with Crippen LogP contribution in [0.25, 0.3) is 0 Å². The second kappa shape index (κ2) is 11.5. The summed E-state index contributed by atoms with van der Waals surface area (Å²) in [6.45, 7) is 1.03. The molecule has 2 N–H and O–H groups in total. The summed E-state index contributed by atoms with van der Waals surface area (Å²) in [5, 5.41) is 12.7. The van der Waals surface area contributed by atoms with E-state index in [0.717, 1.165) is 68.1 Å². The van der Waals surface area contributed by atoms with E-state index < -0.39 is 5.97 Å². The molecule has 0 spiro atoms. The Morgan fingerprint density at radius 1 is 1.20 bits per heavy atom. The second-order valence-corrected chi connectivity index (χ2v) is 8.09. The molecule has 2 heterocycles. The molecule has 1 aliphatic rings. The lowest BCUT2D eigenvalue weighted by Gasteiger charge is -2.14. The number of ether oxygens (including phenoxy) is 1. The molecule has 7 heteroatoms. The van der Waals surface area contributed by atoms with Crippen LogP contribution in [0.5, 0.6) is 6.01 Å². The monoisotopic (exact) mass is 412 g/mol. The molecule has 0 saturated heterocycles. The highest BCUT2D eigenvalue weighted by molar-refractivity contribution is 5.68. The molecular formula is C23H32N4O3. The van der Waals surface area contributed by atoms with Crippen molar-refractivity contribution in [1.82, 2.24) is 15.0 Å². The minimum absolute atomic E-state index is 0.0655. The van der Waals surface area contributed by atoms with Gasteiger partial charge < -0.3 is 15.2 Å². The van der Waals surface area contributed by atoms with Gasteiger partial charge in [0.05, 0.1) is 13.5 Å². The van der Waals surface area contributed by atoms with Crippen molar-refractivity contribution in [3.63, 3.8) is 0 Å². The predicted molar refractivity (Wildman–Crippen MR) is 116 cm³/mol. The Kier molecular flexibility index (Phi) is 8.41. The number of aryl methyl sites for hydroxylation is 1. The van der Waals surface area contributed by atoms with Gasteiger partial charge in [0.25, 0.3) is 0 Å². The van der Waals surface area contributed by atoms with Crippen molar-refractivity contribution >= 4 is 11.8 Å². The minimum atomic E-state index is -0.794. The molecule has 1 atom stereocenters. The molecule has 1 saturated carbocycles. The summed E-state index contributed by atoms with van der Waals surface area (Å²) in [5.74, 6) is 0.962. The zero-order valence-corrected chi connectivity index (χ0v) is 17.7. The van der Waals surface area contributed by atoms with Crippen LogP contribution in [0.4, 0.5) is 5.82 Å². The number of aliphatic carboxylic acids is 1. The number of pyridine rings is 1. The van der Waals surface area contributed by atoms with Gasteiger partial charge in [-0.3, -0.25) is 4.79 Å². The highest BCUT2D eigenvalue weighted by Crippen LogP contribution is 2.29. The van der Waals surface area contributed by atoms with Crippen molar-refractivity contribution < 1.29 is 14.6 Å². The van der Waals surface area contributed by atoms with Gasteiger partial charge in [0.1, 0.15) is 5.82 Å². The van der Waals surface area contributed by atoms with Crippen LogP contribution in [-0.4, -0.2) is 39.7 Å². The summed E-state index contributed by atoms with van der Waals surface area (Å²) < 4.78 is 4.98. The molecule has 0 bridgehead atoms. The highest BCUT2D eigenvalue weighted by atomic mass is 16.5. The summed E-state index contributed by atoms with van der Waals surface area (Å²) in [6, 6.07) is 6.50. The van der Waals surface area contributed by atoms with E-state index in [1.54, 1.807) is 12.4 Å². The number of aromatic nitrogens is 3. The van der Waals surface area contributed by atoms with Crippen LogP contribution in [0.15, 0.2) is 30.6 Å². The second-order valence-electron chi connectivity index (χ2n) is 8.09. The number of rotatable bonds is 14. The first-order chi connectivity index (χ1) is 14.6. The number of carboxylic acid groups (broad SMARTS) is 1. The molecule has 1 unspecified atom stereocenters. The Balaban J connectivity index is 1.37. The van der Waals surface area contributed by atoms with Gasteiger partial charge in [-0.05, 0) is 61.6 Å². The summed E-state index contributed by atoms with van der Waals surface area (Å²) in [4.78, 5) is 24.2. The van der Waals surface area contributed by atoms with Crippen molar-refractivity contribution in [3.8, 4) is 6.01 Å². The molecule has 2 aromatic heterocycles. The Labute approximate surface area is 178 Å². The van der Waals surface area contributed by atoms with Gasteiger partial charge in [0.15, 0.2) is 0 Å². The minimum Gasteiger partial charge on any atom is -0.481 e. The van der Waals surface area contributed by atoms with E-state index in [2.05, 4.69) is 27.4 Å². The third-order valence-electron chi connectivity index (χ3n) is 5.53. The van der Waals surface area contributed by atoms with E-state index in [0.29, 0.717) is 6.01 Å². The number of carboxylic acids is 1. The SMILES string of the molecule is COc1ncc(C(CCCCCCc2cccc(NCC3CC3)n2)CC(=O)O)cn1. The van der Waals surface area contributed by atoms with E-state index in [4.69, 9.17) is 9.72 Å². The van der Waals surface area contributed by atoms with E-state index in [1.807, 2.05) is 6.07 Å². The maximum absolute atomic E-state index is 11.2. The first-order valence-corrected chi connectivity index (χ1v) is 10.9. The standard InChI is InChI=1S/C23H32N4O3/c1-30-23-25-15-19(16-26-23)18(13-22(28)29)7-4-2-3-5-8-20-9-6-10-21(27-20)24-14-17-11-12-17/h6,9-10,15-18H,2-5,7-8,11-14H2,1H3,(H,24,27)(H,28,29). The maximum atomic E-state index is 11.2. The Hall–Kier alpha value is -2.70. The third-order valence-corrected chi connectivity index (χ3v) is 5.53. The normalized spacial score (nSPS) is 14.3. The van der Waals surface area contributed by atoms with Gasteiger partial charge >= 0.3 is 12.0 Å². The van der Waals surface area contributed by atoms with E-state index in [-0.39, 0.29) is 12.3 Å². The molecule has 0 radical (unpaired) electrons. The van der Waals surface area contributed by atoms with Gasteiger partial charge in [-0.15, -0.1) is 0 Å². The quantitative estimate of drug-likeness (QED) is 0.442. The van der Waals surface area contributed by atoms with Crippen molar-refractivity contribution in [2.75, 3.05) is 19.0 Å². The Morgan fingerprint density at radius 3 is 2.67 bits per heavy atom. The van der Waals surface area contributed by atoms with E-state index in [1.165, 1.54) is 20.0 Å². The van der Waals surface area contributed by atoms with E-state index >= 15 is 0 Å². The van der Waals surface area contributed by atoms with Crippen LogP contribution in [0.2, 0.25) is 0 Å². The molecule has 0 amide bonds. The zero-order valence-electron chi connectivity index (χ0n) is 17.7. The van der Waals surface area contributed by atoms with Crippen LogP contribution in [0.3, 0.4) is 0 Å². The number of anilines is 1. The third kappa shape index (κ3) is 7.61. The van der Waals surface area contributed by atoms with Gasteiger partial charge in [-0.25, -0.2) is 15.0 Å². The van der Waals surface area contributed by atoms with Gasteiger partial charge in [-0.1, -0.05) is 25.3 Å². The van der Waals surface area contributed by atoms with Crippen LogP contribution in [0.1, 0.15) is 68.5 Å². The molecule has 0 aliphatic heterocycles. The van der Waals surface area contributed by atoms with Gasteiger partial charge in [-0.2, -0.15) is 0 Å². The van der Waals surface area contributed by atoms with Gasteiger partial charge in [0.2, 0.25) is 0 Å². The fourth-order valence-corrected chi connectivity index (χ4v) is 3.58. The molecule has 1 aliphatic carbocycles. The molecule has 30 heavy (non-hydrogen) atoms. The van der Waals surface area contributed by atoms with Crippen LogP contribution in [0, 0.1) is 5.92 Å². The number of hydrogen-bond donors (Lipinski definition) is 2. The number of nitrogens with zero attached hydrogens (tertiary/aromatic N) is 3. The van der Waals surface area contributed by atoms with Crippen LogP contribution >= 0.6 is 0 Å². The maximum Gasteiger partial charge on any atom is 0.316 e. The molecule has 0 aromatic carbocycles. The molecule has 2 aromatic rings. The number of unbranched alkanes of at least 4 members (excludes halogenated alkanes) is 3. The summed E-state index contributed by atoms with van der Waals surface area (Å²) >= 11 is 0. The topological polar surface area (TPSA) is 97.2 Å². The number of hydrogen-bond acceptors (Lipinski definition) is 6. The van der Waals surface area contributed by atoms with Crippen LogP contribution < -0.4 is 10.1 Å². The van der Waals surface area contributed by atoms with Crippen molar-refractivity contribution in [2.24, 2.45) is 5.92 Å². The first kappa shape index (κ1) is 22.0. The van der Waals surface area contributed by atoms with E-state index in [9.17, 15) is 9.90 Å². The molecular weight excluding hydrogens is 380 g/mol. The number of methoxy groups -OCH3 is 1. The lowest BCUT2D eigenvalue weighted by Crippen LogP contribution is -2.08. The fraction of sp³-hybridized carbons (Fsp3) is 0.565. The summed E-state index contributed by atoms with van der Waals surface area (Å²) in [7, 11) is 1.51. The number of nitrogens with one attached hydrogen (secondary N) is 1. The Bertz CT molecular complexity index is 793. The zero-order chi connectivity index (χ0) is 21.2. The first-order valence-electron chi connectivity index (χ1n) is 10.9. The summed E-state index contributed by atoms with van der Waals surface area (Å²) in [5.41, 5.74) is 1.99. The molecule has 1 fully saturated rings. The molecule has 162 valence electrons. The Morgan fingerprint density at radius 2 is 1.97 bits per heavy atom.